The summed E-state index contributed by atoms with van der Waals surface area (Å²) in [6, 6.07) is 10.8. The number of hydrogen-bond acceptors (Lipinski definition) is 3. The van der Waals surface area contributed by atoms with Crippen molar-refractivity contribution in [3.05, 3.63) is 58.9 Å². The van der Waals surface area contributed by atoms with E-state index in [1.54, 1.807) is 12.1 Å². The molecule has 2 aromatic rings. The molecule has 4 nitrogen and oxygen atoms in total. The van der Waals surface area contributed by atoms with Crippen molar-refractivity contribution in [1.29, 1.82) is 0 Å². The van der Waals surface area contributed by atoms with E-state index in [-0.39, 0.29) is 12.3 Å². The number of pyridine rings is 1. The van der Waals surface area contributed by atoms with E-state index in [2.05, 4.69) is 4.98 Å². The average molecular weight is 257 g/mol. The van der Waals surface area contributed by atoms with E-state index in [1.807, 2.05) is 32.0 Å². The molecule has 0 amide bonds. The van der Waals surface area contributed by atoms with Gasteiger partial charge in [-0.25, -0.2) is 9.78 Å². The normalized spacial score (nSPS) is 10.2. The zero-order valence-corrected chi connectivity index (χ0v) is 10.9. The first kappa shape index (κ1) is 13.1. The van der Waals surface area contributed by atoms with E-state index < -0.39 is 5.97 Å². The van der Waals surface area contributed by atoms with Crippen LogP contribution in [-0.2, 0) is 6.61 Å². The number of aromatic carboxylic acids is 1. The van der Waals surface area contributed by atoms with E-state index >= 15 is 0 Å². The Kier molecular flexibility index (Phi) is 3.80. The van der Waals surface area contributed by atoms with Gasteiger partial charge in [0.1, 0.15) is 18.1 Å². The van der Waals surface area contributed by atoms with Crippen LogP contribution in [0.3, 0.4) is 0 Å². The van der Waals surface area contributed by atoms with Gasteiger partial charge in [-0.1, -0.05) is 23.8 Å². The molecular weight excluding hydrogens is 242 g/mol. The number of carboxylic acid groups (broad SMARTS) is 1. The Balaban J connectivity index is 2.10. The van der Waals surface area contributed by atoms with E-state index in [4.69, 9.17) is 9.84 Å². The predicted molar refractivity (Wildman–Crippen MR) is 71.4 cm³/mol. The summed E-state index contributed by atoms with van der Waals surface area (Å²) in [4.78, 5) is 14.8. The number of aryl methyl sites for hydroxylation is 2. The van der Waals surface area contributed by atoms with Crippen molar-refractivity contribution in [1.82, 2.24) is 4.98 Å². The number of carbonyl (C=O) groups is 1. The van der Waals surface area contributed by atoms with Crippen LogP contribution in [0.2, 0.25) is 0 Å². The SMILES string of the molecule is Cc1ccc(OCc2cccc(C(=O)O)n2)c(C)c1. The summed E-state index contributed by atoms with van der Waals surface area (Å²) >= 11 is 0. The van der Waals surface area contributed by atoms with Crippen LogP contribution in [0, 0.1) is 13.8 Å². The van der Waals surface area contributed by atoms with Gasteiger partial charge in [-0.15, -0.1) is 0 Å². The molecule has 4 heteroatoms. The highest BCUT2D eigenvalue weighted by molar-refractivity contribution is 5.85. The van der Waals surface area contributed by atoms with Gasteiger partial charge in [0, 0.05) is 0 Å². The second kappa shape index (κ2) is 5.52. The molecule has 0 aliphatic carbocycles. The van der Waals surface area contributed by atoms with Gasteiger partial charge in [0.05, 0.1) is 5.69 Å². The summed E-state index contributed by atoms with van der Waals surface area (Å²) in [5, 5.41) is 8.87. The fourth-order valence-corrected chi connectivity index (χ4v) is 1.79. The number of hydrogen-bond donors (Lipinski definition) is 1. The van der Waals surface area contributed by atoms with E-state index in [0.29, 0.717) is 5.69 Å². The van der Waals surface area contributed by atoms with Crippen molar-refractivity contribution in [3.63, 3.8) is 0 Å². The summed E-state index contributed by atoms with van der Waals surface area (Å²) < 4.78 is 5.66. The molecule has 0 saturated heterocycles. The van der Waals surface area contributed by atoms with Gasteiger partial charge in [0.15, 0.2) is 0 Å². The highest BCUT2D eigenvalue weighted by atomic mass is 16.5. The van der Waals surface area contributed by atoms with Crippen LogP contribution >= 0.6 is 0 Å². The minimum Gasteiger partial charge on any atom is -0.487 e. The molecule has 0 fully saturated rings. The van der Waals surface area contributed by atoms with Crippen molar-refractivity contribution in [3.8, 4) is 5.75 Å². The smallest absolute Gasteiger partial charge is 0.354 e. The van der Waals surface area contributed by atoms with Crippen molar-refractivity contribution >= 4 is 5.97 Å². The predicted octanol–water partition coefficient (Wildman–Crippen LogP) is 2.98. The highest BCUT2D eigenvalue weighted by Gasteiger charge is 2.06. The first-order chi connectivity index (χ1) is 9.06. The Hall–Kier alpha value is -2.36. The van der Waals surface area contributed by atoms with Gasteiger partial charge >= 0.3 is 5.97 Å². The van der Waals surface area contributed by atoms with Crippen molar-refractivity contribution < 1.29 is 14.6 Å². The van der Waals surface area contributed by atoms with Crippen LogP contribution in [0.4, 0.5) is 0 Å². The lowest BCUT2D eigenvalue weighted by molar-refractivity contribution is 0.0690. The first-order valence-electron chi connectivity index (χ1n) is 5.95. The second-order valence-corrected chi connectivity index (χ2v) is 4.38. The third-order valence-electron chi connectivity index (χ3n) is 2.73. The Morgan fingerprint density at radius 3 is 2.74 bits per heavy atom. The number of ether oxygens (including phenoxy) is 1. The second-order valence-electron chi connectivity index (χ2n) is 4.38. The summed E-state index contributed by atoms with van der Waals surface area (Å²) in [5.41, 5.74) is 2.85. The summed E-state index contributed by atoms with van der Waals surface area (Å²) in [6.45, 7) is 4.25. The quantitative estimate of drug-likeness (QED) is 0.914. The van der Waals surface area contributed by atoms with Gasteiger partial charge in [-0.2, -0.15) is 0 Å². The summed E-state index contributed by atoms with van der Waals surface area (Å²) in [6.07, 6.45) is 0. The van der Waals surface area contributed by atoms with Crippen LogP contribution in [0.15, 0.2) is 36.4 Å². The molecule has 1 aromatic heterocycles. The van der Waals surface area contributed by atoms with Gasteiger partial charge in [-0.3, -0.25) is 0 Å². The van der Waals surface area contributed by atoms with Crippen molar-refractivity contribution in [2.24, 2.45) is 0 Å². The van der Waals surface area contributed by atoms with Gasteiger partial charge in [-0.05, 0) is 37.6 Å². The zero-order valence-electron chi connectivity index (χ0n) is 10.9. The molecule has 1 N–H and O–H groups in total. The molecule has 0 spiro atoms. The zero-order chi connectivity index (χ0) is 13.8. The lowest BCUT2D eigenvalue weighted by Crippen LogP contribution is -2.05. The Bertz CT molecular complexity index is 608. The van der Waals surface area contributed by atoms with Gasteiger partial charge in [0.2, 0.25) is 0 Å². The summed E-state index contributed by atoms with van der Waals surface area (Å²) in [7, 11) is 0. The lowest BCUT2D eigenvalue weighted by Gasteiger charge is -2.09. The summed E-state index contributed by atoms with van der Waals surface area (Å²) in [5.74, 6) is -0.249. The molecular formula is C15H15NO3. The number of rotatable bonds is 4. The fraction of sp³-hybridized carbons (Fsp3) is 0.200. The van der Waals surface area contributed by atoms with Crippen molar-refractivity contribution in [2.75, 3.05) is 0 Å². The number of aromatic nitrogens is 1. The molecule has 19 heavy (non-hydrogen) atoms. The topological polar surface area (TPSA) is 59.4 Å². The number of benzene rings is 1. The van der Waals surface area contributed by atoms with Gasteiger partial charge in [0.25, 0.3) is 0 Å². The van der Waals surface area contributed by atoms with E-state index in [0.717, 1.165) is 11.3 Å². The maximum Gasteiger partial charge on any atom is 0.354 e. The Labute approximate surface area is 111 Å². The molecule has 0 unspecified atom stereocenters. The van der Waals surface area contributed by atoms with Crippen LogP contribution in [0.5, 0.6) is 5.75 Å². The minimum atomic E-state index is -1.03. The molecule has 0 aliphatic heterocycles. The van der Waals surface area contributed by atoms with E-state index in [9.17, 15) is 4.79 Å². The number of nitrogens with zero attached hydrogens (tertiary/aromatic N) is 1. The molecule has 0 aliphatic rings. The molecule has 0 bridgehead atoms. The first-order valence-corrected chi connectivity index (χ1v) is 5.95. The van der Waals surface area contributed by atoms with Crippen LogP contribution in [-0.4, -0.2) is 16.1 Å². The molecule has 0 saturated carbocycles. The van der Waals surface area contributed by atoms with Crippen LogP contribution in [0.25, 0.3) is 0 Å². The van der Waals surface area contributed by atoms with Gasteiger partial charge < -0.3 is 9.84 Å². The van der Waals surface area contributed by atoms with E-state index in [1.165, 1.54) is 11.6 Å². The molecule has 2 rings (SSSR count). The third-order valence-corrected chi connectivity index (χ3v) is 2.73. The monoisotopic (exact) mass is 257 g/mol. The largest absolute Gasteiger partial charge is 0.487 e. The Morgan fingerprint density at radius 2 is 2.05 bits per heavy atom. The lowest BCUT2D eigenvalue weighted by atomic mass is 10.1. The molecule has 0 atom stereocenters. The standard InChI is InChI=1S/C15H15NO3/c1-10-6-7-14(11(2)8-10)19-9-12-4-3-5-13(16-12)15(17)18/h3-8H,9H2,1-2H3,(H,17,18). The highest BCUT2D eigenvalue weighted by Crippen LogP contribution is 2.19. The fourth-order valence-electron chi connectivity index (χ4n) is 1.79. The molecule has 1 aromatic carbocycles. The minimum absolute atomic E-state index is 0.0294. The molecule has 0 radical (unpaired) electrons. The van der Waals surface area contributed by atoms with Crippen LogP contribution in [0.1, 0.15) is 27.3 Å². The molecule has 1 heterocycles. The Morgan fingerprint density at radius 1 is 1.26 bits per heavy atom. The maximum absolute atomic E-state index is 10.8. The van der Waals surface area contributed by atoms with Crippen LogP contribution < -0.4 is 4.74 Å². The van der Waals surface area contributed by atoms with Crippen molar-refractivity contribution in [2.45, 2.75) is 20.5 Å². The molecule has 98 valence electrons. The number of carboxylic acids is 1. The third kappa shape index (κ3) is 3.31. The average Bonchev–Trinajstić information content (AvgIpc) is 2.38. The maximum atomic E-state index is 10.8.